The third-order valence-electron chi connectivity index (χ3n) is 4.63. The maximum Gasteiger partial charge on any atom is 0.0457 e. The van der Waals surface area contributed by atoms with Crippen LogP contribution in [0.5, 0.6) is 0 Å². The molecule has 1 saturated carbocycles. The number of aliphatic hydroxyl groups is 1. The van der Waals surface area contributed by atoms with Crippen molar-refractivity contribution < 1.29 is 5.11 Å². The number of aliphatic hydroxyl groups excluding tert-OH is 1. The van der Waals surface area contributed by atoms with Crippen LogP contribution in [-0.2, 0) is 5.41 Å². The Bertz CT molecular complexity index is 400. The molecule has 0 amide bonds. The topological polar surface area (TPSA) is 32.3 Å². The minimum atomic E-state index is 0.225. The highest BCUT2D eigenvalue weighted by Crippen LogP contribution is 2.48. The zero-order chi connectivity index (χ0) is 13.9. The van der Waals surface area contributed by atoms with Crippen molar-refractivity contribution in [1.82, 2.24) is 5.32 Å². The Hall–Kier alpha value is -0.570. The molecule has 0 unspecified atom stereocenters. The average Bonchev–Trinajstić information content (AvgIpc) is 2.38. The van der Waals surface area contributed by atoms with E-state index in [1.165, 1.54) is 24.8 Å². The van der Waals surface area contributed by atoms with E-state index >= 15 is 0 Å². The lowest BCUT2D eigenvalue weighted by molar-refractivity contribution is 0.136. The van der Waals surface area contributed by atoms with Crippen molar-refractivity contribution >= 4 is 11.6 Å². The summed E-state index contributed by atoms with van der Waals surface area (Å²) in [4.78, 5) is 0. The van der Waals surface area contributed by atoms with Crippen LogP contribution in [0, 0.1) is 5.92 Å². The molecule has 0 heterocycles. The summed E-state index contributed by atoms with van der Waals surface area (Å²) in [5, 5.41) is 13.6. The Morgan fingerprint density at radius 3 is 2.37 bits per heavy atom. The molecular formula is C16H24ClNO. The van der Waals surface area contributed by atoms with Gasteiger partial charge in [-0.15, -0.1) is 0 Å². The van der Waals surface area contributed by atoms with Crippen molar-refractivity contribution in [3.8, 4) is 0 Å². The SMILES string of the molecule is CN[C@H](C[C@H](C)CO)C1(c2ccc(Cl)cc2)CCC1. The quantitative estimate of drug-likeness (QED) is 0.838. The summed E-state index contributed by atoms with van der Waals surface area (Å²) in [5.74, 6) is 0.335. The molecule has 2 nitrogen and oxygen atoms in total. The van der Waals surface area contributed by atoms with Gasteiger partial charge in [-0.2, -0.15) is 0 Å². The maximum absolute atomic E-state index is 9.30. The van der Waals surface area contributed by atoms with Gasteiger partial charge in [0.1, 0.15) is 0 Å². The maximum atomic E-state index is 9.30. The van der Waals surface area contributed by atoms with Crippen LogP contribution in [0.3, 0.4) is 0 Å². The predicted octanol–water partition coefficient (Wildman–Crippen LogP) is 3.37. The number of nitrogens with one attached hydrogen (secondary N) is 1. The van der Waals surface area contributed by atoms with Gasteiger partial charge in [-0.25, -0.2) is 0 Å². The highest BCUT2D eigenvalue weighted by Gasteiger charge is 2.44. The summed E-state index contributed by atoms with van der Waals surface area (Å²) in [5.41, 5.74) is 1.61. The van der Waals surface area contributed by atoms with Crippen LogP contribution < -0.4 is 5.32 Å². The summed E-state index contributed by atoms with van der Waals surface area (Å²) >= 11 is 5.99. The standard InChI is InChI=1S/C16H24ClNO/c1-12(11-19)10-15(18-2)16(8-3-9-16)13-4-6-14(17)7-5-13/h4-7,12,15,18-19H,3,8-11H2,1-2H3/t12-,15+/m0/s1. The second-order valence-electron chi connectivity index (χ2n) is 5.88. The van der Waals surface area contributed by atoms with E-state index in [0.29, 0.717) is 12.0 Å². The van der Waals surface area contributed by atoms with E-state index in [2.05, 4.69) is 24.4 Å². The predicted molar refractivity (Wildman–Crippen MR) is 80.7 cm³/mol. The monoisotopic (exact) mass is 281 g/mol. The summed E-state index contributed by atoms with van der Waals surface area (Å²) < 4.78 is 0. The lowest BCUT2D eigenvalue weighted by Crippen LogP contribution is -2.52. The van der Waals surface area contributed by atoms with Crippen molar-refractivity contribution in [2.45, 2.75) is 44.1 Å². The first kappa shape index (κ1) is 14.8. The zero-order valence-electron chi connectivity index (χ0n) is 11.8. The minimum Gasteiger partial charge on any atom is -0.396 e. The molecule has 0 saturated heterocycles. The van der Waals surface area contributed by atoms with Gasteiger partial charge in [0.15, 0.2) is 0 Å². The van der Waals surface area contributed by atoms with Gasteiger partial charge in [-0.1, -0.05) is 37.1 Å². The van der Waals surface area contributed by atoms with E-state index in [-0.39, 0.29) is 12.0 Å². The van der Waals surface area contributed by atoms with Crippen molar-refractivity contribution in [3.05, 3.63) is 34.9 Å². The number of hydrogen-bond donors (Lipinski definition) is 2. The molecule has 0 radical (unpaired) electrons. The molecule has 2 N–H and O–H groups in total. The molecule has 1 fully saturated rings. The van der Waals surface area contributed by atoms with Crippen molar-refractivity contribution in [1.29, 1.82) is 0 Å². The van der Waals surface area contributed by atoms with Crippen LogP contribution in [0.4, 0.5) is 0 Å². The summed E-state index contributed by atoms with van der Waals surface area (Å²) in [7, 11) is 2.03. The van der Waals surface area contributed by atoms with Crippen LogP contribution >= 0.6 is 11.6 Å². The first-order valence-corrected chi connectivity index (χ1v) is 7.54. The zero-order valence-corrected chi connectivity index (χ0v) is 12.6. The second kappa shape index (κ2) is 6.25. The van der Waals surface area contributed by atoms with E-state index in [4.69, 9.17) is 11.6 Å². The Morgan fingerprint density at radius 2 is 1.95 bits per heavy atom. The molecule has 106 valence electrons. The lowest BCUT2D eigenvalue weighted by Gasteiger charge is -2.49. The summed E-state index contributed by atoms with van der Waals surface area (Å²) in [6.45, 7) is 2.37. The largest absolute Gasteiger partial charge is 0.396 e. The highest BCUT2D eigenvalue weighted by atomic mass is 35.5. The molecule has 3 heteroatoms. The molecule has 1 aliphatic rings. The van der Waals surface area contributed by atoms with Gasteiger partial charge in [-0.3, -0.25) is 0 Å². The molecule has 2 rings (SSSR count). The van der Waals surface area contributed by atoms with Gasteiger partial charge in [0.05, 0.1) is 0 Å². The molecule has 0 aromatic heterocycles. The molecule has 1 aliphatic carbocycles. The molecular weight excluding hydrogens is 258 g/mol. The van der Waals surface area contributed by atoms with Crippen molar-refractivity contribution in [2.75, 3.05) is 13.7 Å². The summed E-state index contributed by atoms with van der Waals surface area (Å²) in [6.07, 6.45) is 4.74. The molecule has 0 aliphatic heterocycles. The normalized spacial score (nSPS) is 20.6. The Balaban J connectivity index is 2.22. The molecule has 0 bridgehead atoms. The van der Waals surface area contributed by atoms with Gasteiger partial charge in [-0.05, 0) is 49.9 Å². The number of halogens is 1. The summed E-state index contributed by atoms with van der Waals surface area (Å²) in [6, 6.07) is 8.72. The molecule has 1 aromatic rings. The van der Waals surface area contributed by atoms with Crippen LogP contribution in [0.1, 0.15) is 38.2 Å². The average molecular weight is 282 g/mol. The third kappa shape index (κ3) is 2.96. The lowest BCUT2D eigenvalue weighted by atomic mass is 9.59. The van der Waals surface area contributed by atoms with Gasteiger partial charge in [0, 0.05) is 23.1 Å². The Morgan fingerprint density at radius 1 is 1.32 bits per heavy atom. The van der Waals surface area contributed by atoms with Crippen molar-refractivity contribution in [3.63, 3.8) is 0 Å². The van der Waals surface area contributed by atoms with E-state index < -0.39 is 0 Å². The van der Waals surface area contributed by atoms with E-state index in [0.717, 1.165) is 11.4 Å². The number of benzene rings is 1. The fourth-order valence-corrected chi connectivity index (χ4v) is 3.40. The van der Waals surface area contributed by atoms with Gasteiger partial charge < -0.3 is 10.4 Å². The van der Waals surface area contributed by atoms with Crippen LogP contribution in [0.2, 0.25) is 5.02 Å². The van der Waals surface area contributed by atoms with E-state index in [1.807, 2.05) is 19.2 Å². The number of likely N-dealkylation sites (N-methyl/N-ethyl adjacent to an activating group) is 1. The van der Waals surface area contributed by atoms with E-state index in [1.54, 1.807) is 0 Å². The number of hydrogen-bond acceptors (Lipinski definition) is 2. The van der Waals surface area contributed by atoms with Crippen LogP contribution in [-0.4, -0.2) is 24.8 Å². The smallest absolute Gasteiger partial charge is 0.0457 e. The number of rotatable bonds is 6. The molecule has 0 spiro atoms. The fraction of sp³-hybridized carbons (Fsp3) is 0.625. The second-order valence-corrected chi connectivity index (χ2v) is 6.32. The highest BCUT2D eigenvalue weighted by molar-refractivity contribution is 6.30. The minimum absolute atomic E-state index is 0.225. The van der Waals surface area contributed by atoms with Crippen LogP contribution in [0.15, 0.2) is 24.3 Å². The Kier molecular flexibility index (Phi) is 4.88. The molecule has 2 atom stereocenters. The molecule has 19 heavy (non-hydrogen) atoms. The first-order chi connectivity index (χ1) is 9.12. The molecule has 1 aromatic carbocycles. The third-order valence-corrected chi connectivity index (χ3v) is 4.88. The van der Waals surface area contributed by atoms with Gasteiger partial charge >= 0.3 is 0 Å². The van der Waals surface area contributed by atoms with E-state index in [9.17, 15) is 5.11 Å². The van der Waals surface area contributed by atoms with Crippen molar-refractivity contribution in [2.24, 2.45) is 5.92 Å². The Labute approximate surface area is 121 Å². The van der Waals surface area contributed by atoms with Crippen LogP contribution in [0.25, 0.3) is 0 Å². The van der Waals surface area contributed by atoms with Gasteiger partial charge in [0.25, 0.3) is 0 Å². The van der Waals surface area contributed by atoms with Gasteiger partial charge in [0.2, 0.25) is 0 Å². The first-order valence-electron chi connectivity index (χ1n) is 7.16. The fourth-order valence-electron chi connectivity index (χ4n) is 3.27.